The number of carbonyl (C=O) groups excluding carboxylic acids is 1. The number of aromatic nitrogens is 5. The molecular formula is C29H25ClF4N6O. The molecule has 41 heavy (non-hydrogen) atoms. The molecule has 0 aliphatic rings. The summed E-state index contributed by atoms with van der Waals surface area (Å²) in [4.78, 5) is 17.5. The third kappa shape index (κ3) is 5.54. The smallest absolute Gasteiger partial charge is 0.317 e. The molecule has 0 aliphatic carbocycles. The predicted molar refractivity (Wildman–Crippen MR) is 148 cm³/mol. The van der Waals surface area contributed by atoms with Crippen molar-refractivity contribution in [3.63, 3.8) is 0 Å². The average Bonchev–Trinajstić information content (AvgIpc) is 3.46. The van der Waals surface area contributed by atoms with E-state index < -0.39 is 23.6 Å². The monoisotopic (exact) mass is 584 g/mol. The van der Waals surface area contributed by atoms with Crippen molar-refractivity contribution in [3.05, 3.63) is 99.3 Å². The Morgan fingerprint density at radius 2 is 1.76 bits per heavy atom. The number of anilines is 1. The number of nitrogens with zero attached hydrogens (tertiary/aromatic N) is 5. The first-order chi connectivity index (χ1) is 19.3. The van der Waals surface area contributed by atoms with Crippen LogP contribution in [0.4, 0.5) is 23.2 Å². The largest absolute Gasteiger partial charge is 0.433 e. The third-order valence-corrected chi connectivity index (χ3v) is 7.17. The zero-order chi connectivity index (χ0) is 29.6. The zero-order valence-electron chi connectivity index (χ0n) is 22.5. The lowest BCUT2D eigenvalue weighted by Crippen LogP contribution is -2.16. The number of benzene rings is 2. The Morgan fingerprint density at radius 1 is 1.05 bits per heavy atom. The van der Waals surface area contributed by atoms with E-state index in [1.807, 2.05) is 26.0 Å². The first-order valence-electron chi connectivity index (χ1n) is 12.7. The number of fused-ring (bicyclic) bond motifs is 1. The van der Waals surface area contributed by atoms with Gasteiger partial charge in [-0.05, 0) is 43.5 Å². The van der Waals surface area contributed by atoms with Gasteiger partial charge in [0.25, 0.3) is 5.91 Å². The Balaban J connectivity index is 1.48. The molecule has 1 N–H and O–H groups in total. The van der Waals surface area contributed by atoms with E-state index in [1.165, 1.54) is 22.9 Å². The normalized spacial score (nSPS) is 12.0. The summed E-state index contributed by atoms with van der Waals surface area (Å²) in [5.41, 5.74) is 1.67. The molecule has 0 fully saturated rings. The van der Waals surface area contributed by atoms with Crippen LogP contribution in [0.25, 0.3) is 16.9 Å². The van der Waals surface area contributed by atoms with Gasteiger partial charge in [-0.15, -0.1) is 0 Å². The van der Waals surface area contributed by atoms with Crippen molar-refractivity contribution in [1.29, 1.82) is 0 Å². The molecule has 212 valence electrons. The predicted octanol–water partition coefficient (Wildman–Crippen LogP) is 7.44. The van der Waals surface area contributed by atoms with Gasteiger partial charge in [0, 0.05) is 22.2 Å². The maximum absolute atomic E-state index is 14.3. The lowest BCUT2D eigenvalue weighted by molar-refractivity contribution is -0.142. The third-order valence-electron chi connectivity index (χ3n) is 6.81. The summed E-state index contributed by atoms with van der Waals surface area (Å²) in [6.07, 6.45) is -4.75. The van der Waals surface area contributed by atoms with Gasteiger partial charge < -0.3 is 5.32 Å². The zero-order valence-corrected chi connectivity index (χ0v) is 23.3. The minimum atomic E-state index is -4.75. The van der Waals surface area contributed by atoms with Crippen molar-refractivity contribution in [2.45, 2.75) is 46.3 Å². The van der Waals surface area contributed by atoms with Crippen LogP contribution in [-0.2, 0) is 12.7 Å². The van der Waals surface area contributed by atoms with Crippen LogP contribution in [0.1, 0.15) is 58.5 Å². The number of hydrogen-bond donors (Lipinski definition) is 1. The van der Waals surface area contributed by atoms with Gasteiger partial charge in [-0.25, -0.2) is 13.9 Å². The Kier molecular flexibility index (Phi) is 7.33. The quantitative estimate of drug-likeness (QED) is 0.210. The van der Waals surface area contributed by atoms with Crippen LogP contribution in [0.3, 0.4) is 0 Å². The molecule has 0 unspecified atom stereocenters. The van der Waals surface area contributed by atoms with E-state index in [9.17, 15) is 22.4 Å². The summed E-state index contributed by atoms with van der Waals surface area (Å²) < 4.78 is 58.6. The van der Waals surface area contributed by atoms with E-state index in [0.29, 0.717) is 27.2 Å². The summed E-state index contributed by atoms with van der Waals surface area (Å²) in [6, 6.07) is 13.6. The van der Waals surface area contributed by atoms with Gasteiger partial charge in [0.2, 0.25) is 0 Å². The first-order valence-corrected chi connectivity index (χ1v) is 13.1. The Bertz CT molecular complexity index is 1750. The Morgan fingerprint density at radius 3 is 2.39 bits per heavy atom. The number of alkyl halides is 3. The van der Waals surface area contributed by atoms with Crippen LogP contribution in [0.2, 0.25) is 5.02 Å². The highest BCUT2D eigenvalue weighted by Crippen LogP contribution is 2.33. The Hall–Kier alpha value is -4.25. The molecule has 0 saturated heterocycles. The summed E-state index contributed by atoms with van der Waals surface area (Å²) in [6.45, 7) is 7.38. The summed E-state index contributed by atoms with van der Waals surface area (Å²) >= 11 is 6.15. The van der Waals surface area contributed by atoms with E-state index in [1.54, 1.807) is 32.0 Å². The molecule has 5 rings (SSSR count). The first kappa shape index (κ1) is 28.3. The number of nitrogens with one attached hydrogen (secondary N) is 1. The lowest BCUT2D eigenvalue weighted by Gasteiger charge is -2.12. The van der Waals surface area contributed by atoms with Gasteiger partial charge in [0.1, 0.15) is 5.82 Å². The fourth-order valence-electron chi connectivity index (χ4n) is 4.52. The summed E-state index contributed by atoms with van der Waals surface area (Å²) in [5, 5.41) is 11.2. The number of halogens is 5. The van der Waals surface area contributed by atoms with Gasteiger partial charge in [-0.3, -0.25) is 9.48 Å². The number of amides is 1. The van der Waals surface area contributed by atoms with E-state index in [2.05, 4.69) is 20.5 Å². The molecule has 5 aromatic rings. The average molecular weight is 585 g/mol. The standard InChI is InChI=1S/C29H25ClF4N6O/c1-15(2)18-8-10-19(11-9-18)23-12-25(29(32,33)34)40-26(35-23)13-24(38-40)28(41)36-27-16(3)37-39(17(27)4)14-20-21(30)6-5-7-22(20)31/h5-13,15H,14H2,1-4H3,(H,36,41). The lowest BCUT2D eigenvalue weighted by atomic mass is 10.0. The molecule has 0 atom stereocenters. The van der Waals surface area contributed by atoms with E-state index in [4.69, 9.17) is 11.6 Å². The van der Waals surface area contributed by atoms with E-state index in [0.717, 1.165) is 11.6 Å². The molecule has 3 heterocycles. The fraction of sp³-hybridized carbons (Fsp3) is 0.241. The Labute approximate surface area is 237 Å². The second-order valence-corrected chi connectivity index (χ2v) is 10.4. The van der Waals surface area contributed by atoms with Crippen molar-refractivity contribution >= 4 is 28.8 Å². The van der Waals surface area contributed by atoms with Crippen molar-refractivity contribution < 1.29 is 22.4 Å². The number of rotatable bonds is 6. The van der Waals surface area contributed by atoms with Crippen molar-refractivity contribution in [1.82, 2.24) is 24.4 Å². The SMILES string of the molecule is Cc1nn(Cc2c(F)cccc2Cl)c(C)c1NC(=O)c1cc2nc(-c3ccc(C(C)C)cc3)cc(C(F)(F)F)n2n1. The highest BCUT2D eigenvalue weighted by molar-refractivity contribution is 6.31. The van der Waals surface area contributed by atoms with Gasteiger partial charge in [0.15, 0.2) is 17.0 Å². The molecule has 2 aromatic carbocycles. The molecule has 0 saturated carbocycles. The molecule has 0 spiro atoms. The van der Waals surface area contributed by atoms with Crippen molar-refractivity contribution in [3.8, 4) is 11.3 Å². The molecule has 3 aromatic heterocycles. The highest BCUT2D eigenvalue weighted by atomic mass is 35.5. The minimum absolute atomic E-state index is 0.0161. The molecule has 12 heteroatoms. The second kappa shape index (κ2) is 10.6. The summed E-state index contributed by atoms with van der Waals surface area (Å²) in [5.74, 6) is -0.984. The highest BCUT2D eigenvalue weighted by Gasteiger charge is 2.36. The minimum Gasteiger partial charge on any atom is -0.317 e. The van der Waals surface area contributed by atoms with Gasteiger partial charge in [0.05, 0.1) is 29.3 Å². The maximum atomic E-state index is 14.3. The van der Waals surface area contributed by atoms with Gasteiger partial charge in [-0.1, -0.05) is 55.8 Å². The van der Waals surface area contributed by atoms with Gasteiger partial charge >= 0.3 is 6.18 Å². The molecular weight excluding hydrogens is 560 g/mol. The molecule has 1 amide bonds. The van der Waals surface area contributed by atoms with Gasteiger partial charge in [-0.2, -0.15) is 23.4 Å². The summed E-state index contributed by atoms with van der Waals surface area (Å²) in [7, 11) is 0. The number of carbonyl (C=O) groups is 1. The van der Waals surface area contributed by atoms with Crippen molar-refractivity contribution in [2.24, 2.45) is 0 Å². The number of aryl methyl sites for hydroxylation is 1. The van der Waals surface area contributed by atoms with Crippen LogP contribution in [0, 0.1) is 19.7 Å². The fourth-order valence-corrected chi connectivity index (χ4v) is 4.74. The van der Waals surface area contributed by atoms with E-state index >= 15 is 0 Å². The molecule has 0 radical (unpaired) electrons. The molecule has 0 aliphatic heterocycles. The van der Waals surface area contributed by atoms with Crippen LogP contribution in [-0.4, -0.2) is 30.3 Å². The molecule has 0 bridgehead atoms. The topological polar surface area (TPSA) is 77.1 Å². The van der Waals surface area contributed by atoms with Crippen LogP contribution in [0.15, 0.2) is 54.6 Å². The maximum Gasteiger partial charge on any atom is 0.433 e. The van der Waals surface area contributed by atoms with Crippen molar-refractivity contribution in [2.75, 3.05) is 5.32 Å². The van der Waals surface area contributed by atoms with E-state index in [-0.39, 0.29) is 40.1 Å². The number of hydrogen-bond acceptors (Lipinski definition) is 4. The van der Waals surface area contributed by atoms with Crippen LogP contribution in [0.5, 0.6) is 0 Å². The van der Waals surface area contributed by atoms with Crippen LogP contribution < -0.4 is 5.32 Å². The van der Waals surface area contributed by atoms with Crippen LogP contribution >= 0.6 is 11.6 Å². The second-order valence-electron chi connectivity index (χ2n) is 9.96. The molecule has 7 nitrogen and oxygen atoms in total.